The van der Waals surface area contributed by atoms with Gasteiger partial charge in [-0.25, -0.2) is 0 Å². The van der Waals surface area contributed by atoms with Crippen LogP contribution in [0.2, 0.25) is 0 Å². The number of likely N-dealkylation sites (N-methyl/N-ethyl adjacent to an activating group) is 2. The molecule has 2 amide bonds. The molecule has 0 unspecified atom stereocenters. The molecule has 1 aromatic carbocycles. The van der Waals surface area contributed by atoms with Gasteiger partial charge in [-0.15, -0.1) is 0 Å². The fourth-order valence-corrected chi connectivity index (χ4v) is 2.63. The number of nitrogens with zero attached hydrogens (tertiary/aromatic N) is 2. The summed E-state index contributed by atoms with van der Waals surface area (Å²) in [6.07, 6.45) is 1.49. The second-order valence-electron chi connectivity index (χ2n) is 5.25. The number of benzene rings is 1. The normalized spacial score (nSPS) is 16.8. The highest BCUT2D eigenvalue weighted by Gasteiger charge is 2.35. The molecule has 2 aliphatic rings. The summed E-state index contributed by atoms with van der Waals surface area (Å²) in [5.74, 6) is 0.704. The number of fused-ring (bicyclic) bond motifs is 1. The van der Waals surface area contributed by atoms with E-state index in [1.54, 1.807) is 12.1 Å². The highest BCUT2D eigenvalue weighted by atomic mass is 32.1. The maximum absolute atomic E-state index is 12.4. The zero-order valence-electron chi connectivity index (χ0n) is 13.5. The molecule has 0 N–H and O–H groups in total. The van der Waals surface area contributed by atoms with Gasteiger partial charge in [-0.05, 0) is 31.3 Å². The summed E-state index contributed by atoms with van der Waals surface area (Å²) in [6, 6.07) is 3.38. The summed E-state index contributed by atoms with van der Waals surface area (Å²) >= 11 is 5.08. The number of ether oxygens (including phenoxy) is 3. The van der Waals surface area contributed by atoms with Crippen LogP contribution in [-0.4, -0.2) is 54.2 Å². The van der Waals surface area contributed by atoms with Gasteiger partial charge in [-0.2, -0.15) is 0 Å². The van der Waals surface area contributed by atoms with Gasteiger partial charge >= 0.3 is 0 Å². The molecule has 2 heterocycles. The van der Waals surface area contributed by atoms with E-state index in [2.05, 4.69) is 0 Å². The van der Waals surface area contributed by atoms with Gasteiger partial charge in [0.15, 0.2) is 16.6 Å². The van der Waals surface area contributed by atoms with E-state index in [1.807, 2.05) is 6.92 Å². The van der Waals surface area contributed by atoms with Crippen molar-refractivity contribution in [1.29, 1.82) is 0 Å². The smallest absolute Gasteiger partial charge is 0.265 e. The summed E-state index contributed by atoms with van der Waals surface area (Å²) in [7, 11) is 3.06. The zero-order chi connectivity index (χ0) is 17.4. The van der Waals surface area contributed by atoms with Crippen molar-refractivity contribution >= 4 is 35.2 Å². The first kappa shape index (κ1) is 16.3. The minimum atomic E-state index is -0.455. The van der Waals surface area contributed by atoms with Crippen LogP contribution in [0.3, 0.4) is 0 Å². The quantitative estimate of drug-likeness (QED) is 0.467. The van der Waals surface area contributed by atoms with E-state index < -0.39 is 11.8 Å². The predicted molar refractivity (Wildman–Crippen MR) is 89.8 cm³/mol. The number of amides is 2. The second kappa shape index (κ2) is 6.12. The Morgan fingerprint density at radius 3 is 2.33 bits per heavy atom. The van der Waals surface area contributed by atoms with Gasteiger partial charge < -0.3 is 14.2 Å². The molecular formula is C16H16N2O5S. The van der Waals surface area contributed by atoms with Crippen molar-refractivity contribution in [3.05, 3.63) is 23.3 Å². The Morgan fingerprint density at radius 2 is 1.75 bits per heavy atom. The Labute approximate surface area is 144 Å². The van der Waals surface area contributed by atoms with Crippen LogP contribution in [0.25, 0.3) is 6.08 Å². The third-order valence-corrected chi connectivity index (χ3v) is 4.30. The number of hydrogen-bond donors (Lipinski definition) is 0. The van der Waals surface area contributed by atoms with Crippen molar-refractivity contribution in [2.45, 2.75) is 6.92 Å². The van der Waals surface area contributed by atoms with Gasteiger partial charge in [0.25, 0.3) is 11.8 Å². The third kappa shape index (κ3) is 2.58. The maximum atomic E-state index is 12.4. The lowest BCUT2D eigenvalue weighted by atomic mass is 10.1. The maximum Gasteiger partial charge on any atom is 0.265 e. The number of thiocarbonyl (C=S) groups is 1. The van der Waals surface area contributed by atoms with Crippen LogP contribution in [0.4, 0.5) is 0 Å². The van der Waals surface area contributed by atoms with Crippen molar-refractivity contribution < 1.29 is 23.8 Å². The van der Waals surface area contributed by atoms with Crippen molar-refractivity contribution in [3.63, 3.8) is 0 Å². The molecule has 0 radical (unpaired) electrons. The van der Waals surface area contributed by atoms with Crippen LogP contribution in [0.15, 0.2) is 17.7 Å². The molecule has 126 valence electrons. The summed E-state index contributed by atoms with van der Waals surface area (Å²) in [6.45, 7) is 2.40. The lowest BCUT2D eigenvalue weighted by molar-refractivity contribution is -0.132. The van der Waals surface area contributed by atoms with Crippen LogP contribution in [-0.2, 0) is 9.59 Å². The summed E-state index contributed by atoms with van der Waals surface area (Å²) < 4.78 is 16.3. The zero-order valence-corrected chi connectivity index (χ0v) is 14.3. The first-order chi connectivity index (χ1) is 11.4. The summed E-state index contributed by atoms with van der Waals surface area (Å²) in [5, 5.41) is 0.165. The second-order valence-corrected chi connectivity index (χ2v) is 5.61. The van der Waals surface area contributed by atoms with Gasteiger partial charge in [0.05, 0.1) is 6.61 Å². The Kier molecular flexibility index (Phi) is 4.15. The Morgan fingerprint density at radius 1 is 1.17 bits per heavy atom. The molecule has 1 aromatic rings. The van der Waals surface area contributed by atoms with Gasteiger partial charge in [-0.3, -0.25) is 19.4 Å². The largest absolute Gasteiger partial charge is 0.493 e. The summed E-state index contributed by atoms with van der Waals surface area (Å²) in [5.41, 5.74) is 0.570. The van der Waals surface area contributed by atoms with Crippen molar-refractivity contribution in [2.75, 3.05) is 27.5 Å². The molecule has 2 aliphatic heterocycles. The van der Waals surface area contributed by atoms with E-state index in [9.17, 15) is 9.59 Å². The molecule has 0 aliphatic carbocycles. The van der Waals surface area contributed by atoms with Crippen molar-refractivity contribution in [3.8, 4) is 17.2 Å². The molecule has 1 saturated heterocycles. The van der Waals surface area contributed by atoms with Crippen LogP contribution >= 0.6 is 12.2 Å². The number of carbonyl (C=O) groups excluding carboxylic acids is 2. The van der Waals surface area contributed by atoms with Gasteiger partial charge in [0.1, 0.15) is 11.3 Å². The molecule has 1 fully saturated rings. The molecule has 0 saturated carbocycles. The third-order valence-electron chi connectivity index (χ3n) is 3.75. The molecular weight excluding hydrogens is 332 g/mol. The molecule has 24 heavy (non-hydrogen) atoms. The Hall–Kier alpha value is -2.61. The molecule has 7 nitrogen and oxygen atoms in total. The minimum absolute atomic E-state index is 0.00779. The summed E-state index contributed by atoms with van der Waals surface area (Å²) in [4.78, 5) is 27.4. The van der Waals surface area contributed by atoms with E-state index in [1.165, 1.54) is 30.0 Å². The fraction of sp³-hybridized carbons (Fsp3) is 0.312. The van der Waals surface area contributed by atoms with E-state index >= 15 is 0 Å². The number of hydrogen-bond acceptors (Lipinski definition) is 6. The standard InChI is InChI=1S/C16H16N2O5S/c1-4-21-11-7-13-12(22-8-23-13)6-9(11)5-10-14(19)17(2)16(24)18(3)15(10)20/h5-7H,4,8H2,1-3H3. The average molecular weight is 348 g/mol. The highest BCUT2D eigenvalue weighted by Crippen LogP contribution is 2.39. The molecule has 0 bridgehead atoms. The molecule has 0 aromatic heterocycles. The van der Waals surface area contributed by atoms with Gasteiger partial charge in [0.2, 0.25) is 6.79 Å². The Bertz CT molecular complexity index is 748. The topological polar surface area (TPSA) is 68.3 Å². The van der Waals surface area contributed by atoms with Gasteiger partial charge in [0, 0.05) is 25.7 Å². The fourth-order valence-electron chi connectivity index (χ4n) is 2.46. The Balaban J connectivity index is 2.08. The van der Waals surface area contributed by atoms with Crippen LogP contribution in [0.5, 0.6) is 17.2 Å². The first-order valence-corrected chi connectivity index (χ1v) is 7.73. The molecule has 0 spiro atoms. The highest BCUT2D eigenvalue weighted by molar-refractivity contribution is 7.80. The van der Waals surface area contributed by atoms with Crippen LogP contribution in [0, 0.1) is 0 Å². The first-order valence-electron chi connectivity index (χ1n) is 7.32. The molecule has 0 atom stereocenters. The van der Waals surface area contributed by atoms with Crippen molar-refractivity contribution in [1.82, 2.24) is 9.80 Å². The SMILES string of the molecule is CCOc1cc2c(cc1C=C1C(=O)N(C)C(=S)N(C)C1=O)OCO2. The van der Waals surface area contributed by atoms with Crippen molar-refractivity contribution in [2.24, 2.45) is 0 Å². The number of rotatable bonds is 3. The monoisotopic (exact) mass is 348 g/mol. The lowest BCUT2D eigenvalue weighted by Gasteiger charge is -2.31. The van der Waals surface area contributed by atoms with E-state index in [-0.39, 0.29) is 17.5 Å². The minimum Gasteiger partial charge on any atom is -0.493 e. The molecule has 8 heteroatoms. The van der Waals surface area contributed by atoms with Crippen LogP contribution < -0.4 is 14.2 Å². The van der Waals surface area contributed by atoms with E-state index in [0.717, 1.165) is 0 Å². The predicted octanol–water partition coefficient (Wildman–Crippen LogP) is 1.41. The average Bonchev–Trinajstić information content (AvgIpc) is 3.02. The lowest BCUT2D eigenvalue weighted by Crippen LogP contribution is -2.52. The van der Waals surface area contributed by atoms with E-state index in [4.69, 9.17) is 26.4 Å². The van der Waals surface area contributed by atoms with E-state index in [0.29, 0.717) is 29.4 Å². The van der Waals surface area contributed by atoms with Crippen LogP contribution in [0.1, 0.15) is 12.5 Å². The molecule has 3 rings (SSSR count). The van der Waals surface area contributed by atoms with Gasteiger partial charge in [-0.1, -0.05) is 0 Å². The number of carbonyl (C=O) groups is 2.